The van der Waals surface area contributed by atoms with Crippen LogP contribution in [0.25, 0.3) is 11.1 Å². The van der Waals surface area contributed by atoms with Crippen LogP contribution < -0.4 is 4.74 Å². The normalized spacial score (nSPS) is 13.6. The first-order chi connectivity index (χ1) is 13.5. The number of phenolic OH excluding ortho intramolecular Hbond substituents is 1. The van der Waals surface area contributed by atoms with E-state index in [-0.39, 0.29) is 11.7 Å². The van der Waals surface area contributed by atoms with Crippen LogP contribution in [0.3, 0.4) is 0 Å². The summed E-state index contributed by atoms with van der Waals surface area (Å²) in [5.74, 6) is 0.556. The molecule has 5 nitrogen and oxygen atoms in total. The van der Waals surface area contributed by atoms with E-state index < -0.39 is 0 Å². The molecular formula is C22H21ClN2O3. The van der Waals surface area contributed by atoms with Crippen LogP contribution in [0.2, 0.25) is 5.02 Å². The molecule has 0 saturated carbocycles. The van der Waals surface area contributed by atoms with Crippen molar-refractivity contribution in [3.8, 4) is 22.6 Å². The van der Waals surface area contributed by atoms with Gasteiger partial charge in [-0.25, -0.2) is 0 Å². The number of hydrogen-bond donors (Lipinski definition) is 1. The van der Waals surface area contributed by atoms with E-state index >= 15 is 0 Å². The van der Waals surface area contributed by atoms with Crippen molar-refractivity contribution in [1.82, 2.24) is 9.47 Å². The number of aromatic nitrogens is 1. The molecule has 0 radical (unpaired) electrons. The lowest BCUT2D eigenvalue weighted by Gasteiger charge is -2.20. The second kappa shape index (κ2) is 7.60. The molecule has 6 heteroatoms. The second-order valence-corrected chi connectivity index (χ2v) is 7.46. The van der Waals surface area contributed by atoms with Gasteiger partial charge in [-0.1, -0.05) is 23.7 Å². The minimum absolute atomic E-state index is 0.0373. The summed E-state index contributed by atoms with van der Waals surface area (Å²) in [5.41, 5.74) is 3.50. The fourth-order valence-corrected chi connectivity index (χ4v) is 3.69. The van der Waals surface area contributed by atoms with E-state index in [1.165, 1.54) is 0 Å². The molecule has 0 aliphatic carbocycles. The van der Waals surface area contributed by atoms with Gasteiger partial charge in [-0.3, -0.25) is 4.79 Å². The zero-order valence-electron chi connectivity index (χ0n) is 15.6. The Kier molecular flexibility index (Phi) is 5.01. The summed E-state index contributed by atoms with van der Waals surface area (Å²) < 4.78 is 7.68. The number of nitrogens with zero attached hydrogens (tertiary/aromatic N) is 2. The lowest BCUT2D eigenvalue weighted by molar-refractivity contribution is -0.131. The van der Waals surface area contributed by atoms with Crippen molar-refractivity contribution in [3.05, 3.63) is 71.0 Å². The van der Waals surface area contributed by atoms with Crippen LogP contribution in [0.5, 0.6) is 11.5 Å². The zero-order valence-corrected chi connectivity index (χ0v) is 16.3. The molecule has 1 aromatic heterocycles. The molecule has 28 heavy (non-hydrogen) atoms. The van der Waals surface area contributed by atoms with Crippen LogP contribution in [-0.4, -0.2) is 33.6 Å². The number of carbonyl (C=O) groups excluding carboxylic acids is 1. The van der Waals surface area contributed by atoms with E-state index in [0.29, 0.717) is 36.9 Å². The number of carbonyl (C=O) groups is 1. The van der Waals surface area contributed by atoms with Gasteiger partial charge in [-0.05, 0) is 47.0 Å². The summed E-state index contributed by atoms with van der Waals surface area (Å²) >= 11 is 6.11. The highest BCUT2D eigenvalue weighted by Crippen LogP contribution is 2.38. The third kappa shape index (κ3) is 3.85. The standard InChI is InChI=1S/C22H21ClN2O3/c1-24-6-5-15(13-24)9-21(27)25-7-8-28-22-18(14-25)10-17(12-20(22)26)16-3-2-4-19(23)11-16/h2-6,10-13,26H,7-9,14H2,1H3. The highest BCUT2D eigenvalue weighted by molar-refractivity contribution is 6.30. The Morgan fingerprint density at radius 3 is 2.82 bits per heavy atom. The van der Waals surface area contributed by atoms with Gasteiger partial charge < -0.3 is 19.3 Å². The van der Waals surface area contributed by atoms with E-state index in [1.807, 2.05) is 54.3 Å². The molecule has 0 spiro atoms. The fourth-order valence-electron chi connectivity index (χ4n) is 3.50. The lowest BCUT2D eigenvalue weighted by Crippen LogP contribution is -2.33. The maximum Gasteiger partial charge on any atom is 0.227 e. The van der Waals surface area contributed by atoms with Crippen LogP contribution in [0.1, 0.15) is 11.1 Å². The molecular weight excluding hydrogens is 376 g/mol. The Labute approximate surface area is 168 Å². The van der Waals surface area contributed by atoms with Crippen LogP contribution >= 0.6 is 11.6 Å². The molecule has 1 aliphatic heterocycles. The Bertz CT molecular complexity index is 1030. The number of rotatable bonds is 3. The van der Waals surface area contributed by atoms with E-state index in [0.717, 1.165) is 22.3 Å². The van der Waals surface area contributed by atoms with E-state index in [2.05, 4.69) is 0 Å². The van der Waals surface area contributed by atoms with Crippen molar-refractivity contribution >= 4 is 17.5 Å². The Hall–Kier alpha value is -2.92. The highest BCUT2D eigenvalue weighted by Gasteiger charge is 2.23. The number of ether oxygens (including phenoxy) is 1. The van der Waals surface area contributed by atoms with Crippen LogP contribution in [0, 0.1) is 0 Å². The summed E-state index contributed by atoms with van der Waals surface area (Å²) in [5, 5.41) is 11.1. The van der Waals surface area contributed by atoms with Gasteiger partial charge in [0.1, 0.15) is 6.61 Å². The molecule has 1 amide bonds. The molecule has 1 N–H and O–H groups in total. The fraction of sp³-hybridized carbons (Fsp3) is 0.227. The quantitative estimate of drug-likeness (QED) is 0.727. The average molecular weight is 397 g/mol. The third-order valence-electron chi connectivity index (χ3n) is 4.87. The number of fused-ring (bicyclic) bond motifs is 1. The van der Waals surface area contributed by atoms with Gasteiger partial charge in [0.2, 0.25) is 5.91 Å². The summed E-state index contributed by atoms with van der Waals surface area (Å²) in [6.45, 7) is 1.22. The molecule has 0 bridgehead atoms. The SMILES string of the molecule is Cn1ccc(CC(=O)N2CCOc3c(O)cc(-c4cccc(Cl)c4)cc3C2)c1. The van der Waals surface area contributed by atoms with Gasteiger partial charge >= 0.3 is 0 Å². The second-order valence-electron chi connectivity index (χ2n) is 7.02. The smallest absolute Gasteiger partial charge is 0.227 e. The molecule has 144 valence electrons. The van der Waals surface area contributed by atoms with Gasteiger partial charge in [-0.2, -0.15) is 0 Å². The first kappa shape index (κ1) is 18.4. The molecule has 2 aromatic carbocycles. The van der Waals surface area contributed by atoms with Crippen LogP contribution in [0.15, 0.2) is 54.9 Å². The first-order valence-electron chi connectivity index (χ1n) is 9.13. The third-order valence-corrected chi connectivity index (χ3v) is 5.11. The molecule has 2 heterocycles. The Morgan fingerprint density at radius 2 is 2.07 bits per heavy atom. The summed E-state index contributed by atoms with van der Waals surface area (Å²) in [4.78, 5) is 14.6. The van der Waals surface area contributed by atoms with Crippen molar-refractivity contribution in [2.45, 2.75) is 13.0 Å². The first-order valence-corrected chi connectivity index (χ1v) is 9.50. The van der Waals surface area contributed by atoms with E-state index in [9.17, 15) is 9.90 Å². The van der Waals surface area contributed by atoms with E-state index in [1.54, 1.807) is 17.0 Å². The zero-order chi connectivity index (χ0) is 19.7. The largest absolute Gasteiger partial charge is 0.504 e. The van der Waals surface area contributed by atoms with Crippen molar-refractivity contribution in [2.75, 3.05) is 13.2 Å². The van der Waals surface area contributed by atoms with Crippen LogP contribution in [0.4, 0.5) is 0 Å². The molecule has 4 rings (SSSR count). The summed E-state index contributed by atoms with van der Waals surface area (Å²) in [6, 6.07) is 13.0. The summed E-state index contributed by atoms with van der Waals surface area (Å²) in [6.07, 6.45) is 4.22. The van der Waals surface area contributed by atoms with Gasteiger partial charge in [-0.15, -0.1) is 0 Å². The lowest BCUT2D eigenvalue weighted by atomic mass is 10.0. The number of phenols is 1. The highest BCUT2D eigenvalue weighted by atomic mass is 35.5. The molecule has 0 atom stereocenters. The number of amides is 1. The predicted molar refractivity (Wildman–Crippen MR) is 109 cm³/mol. The van der Waals surface area contributed by atoms with E-state index in [4.69, 9.17) is 16.3 Å². The molecule has 3 aromatic rings. The van der Waals surface area contributed by atoms with Crippen molar-refractivity contribution in [1.29, 1.82) is 0 Å². The average Bonchev–Trinajstić information content (AvgIpc) is 2.94. The molecule has 0 saturated heterocycles. The number of aryl methyl sites for hydroxylation is 1. The minimum atomic E-state index is 0.0373. The molecule has 1 aliphatic rings. The maximum atomic E-state index is 12.8. The van der Waals surface area contributed by atoms with Gasteiger partial charge in [0, 0.05) is 36.6 Å². The van der Waals surface area contributed by atoms with Crippen LogP contribution in [-0.2, 0) is 24.8 Å². The van der Waals surface area contributed by atoms with Gasteiger partial charge in [0.15, 0.2) is 11.5 Å². The molecule has 0 fully saturated rings. The van der Waals surface area contributed by atoms with Gasteiger partial charge in [0.25, 0.3) is 0 Å². The number of benzene rings is 2. The number of hydrogen-bond acceptors (Lipinski definition) is 3. The monoisotopic (exact) mass is 396 g/mol. The Balaban J connectivity index is 1.62. The van der Waals surface area contributed by atoms with Gasteiger partial charge in [0.05, 0.1) is 13.0 Å². The summed E-state index contributed by atoms with van der Waals surface area (Å²) in [7, 11) is 1.93. The Morgan fingerprint density at radius 1 is 1.21 bits per heavy atom. The topological polar surface area (TPSA) is 54.7 Å². The van der Waals surface area contributed by atoms with Crippen molar-refractivity contribution in [3.63, 3.8) is 0 Å². The van der Waals surface area contributed by atoms with Crippen molar-refractivity contribution in [2.24, 2.45) is 7.05 Å². The number of halogens is 1. The molecule has 0 unspecified atom stereocenters. The maximum absolute atomic E-state index is 12.8. The number of aromatic hydroxyl groups is 1. The minimum Gasteiger partial charge on any atom is -0.504 e. The van der Waals surface area contributed by atoms with Crippen molar-refractivity contribution < 1.29 is 14.6 Å². The predicted octanol–water partition coefficient (Wildman–Crippen LogP) is 4.01.